The Hall–Kier alpha value is -3.58. The van der Waals surface area contributed by atoms with Crippen molar-refractivity contribution >= 4 is 11.9 Å². The quantitative estimate of drug-likeness (QED) is 0.547. The number of amides is 1. The van der Waals surface area contributed by atoms with Crippen LogP contribution in [0.25, 0.3) is 11.3 Å². The van der Waals surface area contributed by atoms with Crippen LogP contribution >= 0.6 is 0 Å². The van der Waals surface area contributed by atoms with Crippen LogP contribution in [0.2, 0.25) is 0 Å². The fourth-order valence-electron chi connectivity index (χ4n) is 5.34. The topological polar surface area (TPSA) is 81.6 Å². The number of fused-ring (bicyclic) bond motifs is 2. The van der Waals surface area contributed by atoms with E-state index in [0.29, 0.717) is 31.7 Å². The standard InChI is InChI=1S/C27H25N3O4/c1-33-16-18-2-4-19(5-3-18)23-7-6-20(14-29-23)26(9-10-26)25(32)30-13-11-27(17-30)22-8-12-28-15-21(22)24(31)34-27/h2-8,12,14-15H,9-11,13,16-17H2,1H3/t27-/m0/s1. The molecule has 0 unspecified atom stereocenters. The Labute approximate surface area is 197 Å². The lowest BCUT2D eigenvalue weighted by molar-refractivity contribution is -0.134. The van der Waals surface area contributed by atoms with Gasteiger partial charge in [0, 0.05) is 49.8 Å². The van der Waals surface area contributed by atoms with Gasteiger partial charge in [-0.2, -0.15) is 0 Å². The van der Waals surface area contributed by atoms with Crippen LogP contribution in [-0.2, 0) is 31.9 Å². The van der Waals surface area contributed by atoms with Gasteiger partial charge in [0.2, 0.25) is 5.91 Å². The minimum Gasteiger partial charge on any atom is -0.449 e. The first kappa shape index (κ1) is 21.0. The Balaban J connectivity index is 1.20. The van der Waals surface area contributed by atoms with Crippen LogP contribution in [0.3, 0.4) is 0 Å². The van der Waals surface area contributed by atoms with Gasteiger partial charge in [0.25, 0.3) is 0 Å². The van der Waals surface area contributed by atoms with Crippen molar-refractivity contribution in [3.05, 3.63) is 83.3 Å². The first-order chi connectivity index (χ1) is 16.5. The predicted molar refractivity (Wildman–Crippen MR) is 124 cm³/mol. The van der Waals surface area contributed by atoms with Crippen molar-refractivity contribution in [3.63, 3.8) is 0 Å². The third-order valence-electron chi connectivity index (χ3n) is 7.38. The average molecular weight is 456 g/mol. The second-order valence-corrected chi connectivity index (χ2v) is 9.43. The van der Waals surface area contributed by atoms with E-state index in [2.05, 4.69) is 9.97 Å². The highest BCUT2D eigenvalue weighted by Crippen LogP contribution is 2.52. The number of aromatic nitrogens is 2. The van der Waals surface area contributed by atoms with Crippen molar-refractivity contribution in [3.8, 4) is 11.3 Å². The summed E-state index contributed by atoms with van der Waals surface area (Å²) in [5.74, 6) is -0.255. The summed E-state index contributed by atoms with van der Waals surface area (Å²) in [4.78, 5) is 36.6. The lowest BCUT2D eigenvalue weighted by Gasteiger charge is -2.26. The summed E-state index contributed by atoms with van der Waals surface area (Å²) in [5, 5.41) is 0. The van der Waals surface area contributed by atoms with Gasteiger partial charge in [-0.25, -0.2) is 4.79 Å². The molecule has 0 N–H and O–H groups in total. The van der Waals surface area contributed by atoms with E-state index in [1.807, 2.05) is 53.6 Å². The Morgan fingerprint density at radius 1 is 1.09 bits per heavy atom. The number of methoxy groups -OCH3 is 1. The number of carbonyl (C=O) groups excluding carboxylic acids is 2. The maximum Gasteiger partial charge on any atom is 0.341 e. The molecule has 1 amide bonds. The fraction of sp³-hybridized carbons (Fsp3) is 0.333. The van der Waals surface area contributed by atoms with E-state index in [4.69, 9.17) is 9.47 Å². The Morgan fingerprint density at radius 2 is 1.91 bits per heavy atom. The molecule has 34 heavy (non-hydrogen) atoms. The van der Waals surface area contributed by atoms with Gasteiger partial charge in [-0.05, 0) is 36.1 Å². The molecule has 7 heteroatoms. The molecule has 1 saturated heterocycles. The van der Waals surface area contributed by atoms with Crippen molar-refractivity contribution in [1.29, 1.82) is 0 Å². The lowest BCUT2D eigenvalue weighted by atomic mass is 9.92. The number of hydrogen-bond acceptors (Lipinski definition) is 6. The summed E-state index contributed by atoms with van der Waals surface area (Å²) >= 11 is 0. The van der Waals surface area contributed by atoms with E-state index < -0.39 is 11.0 Å². The molecule has 3 aromatic rings. The van der Waals surface area contributed by atoms with Gasteiger partial charge in [0.15, 0.2) is 5.60 Å². The maximum atomic E-state index is 13.7. The molecule has 2 aromatic heterocycles. The lowest BCUT2D eigenvalue weighted by Crippen LogP contribution is -2.40. The SMILES string of the molecule is COCc1ccc(-c2ccc(C3(C(=O)N4CC[C@@]5(C4)OC(=O)c4cnccc45)CC3)cn2)cc1. The number of nitrogens with zero attached hydrogens (tertiary/aromatic N) is 3. The minimum absolute atomic E-state index is 0.0985. The normalized spacial score (nSPS) is 22.0. The predicted octanol–water partition coefficient (Wildman–Crippen LogP) is 3.62. The molecule has 2 aliphatic heterocycles. The van der Waals surface area contributed by atoms with Crippen LogP contribution in [0.4, 0.5) is 0 Å². The van der Waals surface area contributed by atoms with Crippen LogP contribution in [0.1, 0.15) is 46.3 Å². The van der Waals surface area contributed by atoms with Crippen LogP contribution in [-0.4, -0.2) is 46.9 Å². The van der Waals surface area contributed by atoms with Gasteiger partial charge < -0.3 is 14.4 Å². The summed E-state index contributed by atoms with van der Waals surface area (Å²) in [6.45, 7) is 1.53. The summed E-state index contributed by atoms with van der Waals surface area (Å²) < 4.78 is 11.0. The average Bonchev–Trinajstić information content (AvgIpc) is 3.51. The van der Waals surface area contributed by atoms with Crippen LogP contribution < -0.4 is 0 Å². The number of likely N-dealkylation sites (tertiary alicyclic amines) is 1. The van der Waals surface area contributed by atoms with Gasteiger partial charge in [-0.15, -0.1) is 0 Å². The number of esters is 1. The summed E-state index contributed by atoms with van der Waals surface area (Å²) in [6.07, 6.45) is 7.29. The zero-order valence-corrected chi connectivity index (χ0v) is 19.0. The van der Waals surface area contributed by atoms with Gasteiger partial charge >= 0.3 is 5.97 Å². The third-order valence-corrected chi connectivity index (χ3v) is 7.38. The molecule has 0 bridgehead atoms. The molecule has 2 fully saturated rings. The number of pyridine rings is 2. The highest BCUT2D eigenvalue weighted by atomic mass is 16.6. The van der Waals surface area contributed by atoms with E-state index in [1.54, 1.807) is 19.5 Å². The first-order valence-corrected chi connectivity index (χ1v) is 11.6. The molecular weight excluding hydrogens is 430 g/mol. The Bertz CT molecular complexity index is 1270. The smallest absolute Gasteiger partial charge is 0.341 e. The third kappa shape index (κ3) is 3.22. The second kappa shape index (κ2) is 7.74. The maximum absolute atomic E-state index is 13.7. The van der Waals surface area contributed by atoms with Crippen LogP contribution in [0, 0.1) is 0 Å². The highest BCUT2D eigenvalue weighted by molar-refractivity contribution is 5.95. The molecule has 3 aliphatic rings. The highest BCUT2D eigenvalue weighted by Gasteiger charge is 2.58. The number of ether oxygens (including phenoxy) is 2. The molecular formula is C27H25N3O4. The number of benzene rings is 1. The van der Waals surface area contributed by atoms with E-state index >= 15 is 0 Å². The molecule has 4 heterocycles. The van der Waals surface area contributed by atoms with Crippen molar-refractivity contribution < 1.29 is 19.1 Å². The van der Waals surface area contributed by atoms with Gasteiger partial charge in [-0.3, -0.25) is 14.8 Å². The van der Waals surface area contributed by atoms with Crippen LogP contribution in [0.5, 0.6) is 0 Å². The summed E-state index contributed by atoms with van der Waals surface area (Å²) in [7, 11) is 1.68. The zero-order valence-electron chi connectivity index (χ0n) is 19.0. The van der Waals surface area contributed by atoms with Crippen molar-refractivity contribution in [2.75, 3.05) is 20.2 Å². The summed E-state index contributed by atoms with van der Waals surface area (Å²) in [6, 6.07) is 14.0. The molecule has 6 rings (SSSR count). The fourth-order valence-corrected chi connectivity index (χ4v) is 5.34. The molecule has 1 spiro atoms. The van der Waals surface area contributed by atoms with Crippen molar-refractivity contribution in [2.45, 2.75) is 36.9 Å². The summed E-state index contributed by atoms with van der Waals surface area (Å²) in [5.41, 5.74) is 4.04. The Morgan fingerprint density at radius 3 is 2.62 bits per heavy atom. The van der Waals surface area contributed by atoms with Gasteiger partial charge in [-0.1, -0.05) is 30.3 Å². The van der Waals surface area contributed by atoms with Crippen molar-refractivity contribution in [1.82, 2.24) is 14.9 Å². The molecule has 1 aliphatic carbocycles. The Kier molecular flexibility index (Phi) is 4.78. The second-order valence-electron chi connectivity index (χ2n) is 9.43. The van der Waals surface area contributed by atoms with E-state index in [0.717, 1.165) is 40.8 Å². The molecule has 1 saturated carbocycles. The van der Waals surface area contributed by atoms with E-state index in [9.17, 15) is 9.59 Å². The van der Waals surface area contributed by atoms with E-state index in [1.165, 1.54) is 0 Å². The minimum atomic E-state index is -0.752. The van der Waals surface area contributed by atoms with Crippen molar-refractivity contribution in [2.24, 2.45) is 0 Å². The molecule has 172 valence electrons. The largest absolute Gasteiger partial charge is 0.449 e. The monoisotopic (exact) mass is 455 g/mol. The molecule has 1 atom stereocenters. The molecule has 0 radical (unpaired) electrons. The molecule has 1 aromatic carbocycles. The number of rotatable bonds is 5. The number of hydrogen-bond donors (Lipinski definition) is 0. The number of carbonyl (C=O) groups is 2. The first-order valence-electron chi connectivity index (χ1n) is 11.6. The van der Waals surface area contributed by atoms with Gasteiger partial charge in [0.05, 0.1) is 29.8 Å². The zero-order chi connectivity index (χ0) is 23.3. The van der Waals surface area contributed by atoms with E-state index in [-0.39, 0.29) is 11.9 Å². The molecule has 7 nitrogen and oxygen atoms in total. The van der Waals surface area contributed by atoms with Crippen LogP contribution in [0.15, 0.2) is 61.1 Å². The van der Waals surface area contributed by atoms with Gasteiger partial charge in [0.1, 0.15) is 0 Å².